The second-order valence-electron chi connectivity index (χ2n) is 5.02. The van der Waals surface area contributed by atoms with Gasteiger partial charge in [-0.2, -0.15) is 0 Å². The fourth-order valence-corrected chi connectivity index (χ4v) is 2.91. The van der Waals surface area contributed by atoms with Gasteiger partial charge in [0.1, 0.15) is 17.4 Å². The highest BCUT2D eigenvalue weighted by Crippen LogP contribution is 2.34. The van der Waals surface area contributed by atoms with E-state index in [1.54, 1.807) is 0 Å². The van der Waals surface area contributed by atoms with E-state index >= 15 is 0 Å². The third-order valence-electron chi connectivity index (χ3n) is 3.72. The lowest BCUT2D eigenvalue weighted by Gasteiger charge is -2.28. The molecule has 1 fully saturated rings. The number of amides is 3. The molecule has 0 bridgehead atoms. The molecule has 23 heavy (non-hydrogen) atoms. The van der Waals surface area contributed by atoms with Crippen LogP contribution in [0.4, 0.5) is 10.1 Å². The molecule has 0 spiro atoms. The zero-order chi connectivity index (χ0) is 16.9. The van der Waals surface area contributed by atoms with E-state index in [4.69, 9.17) is 12.2 Å². The third-order valence-corrected chi connectivity index (χ3v) is 4.02. The number of benzene rings is 1. The zero-order valence-electron chi connectivity index (χ0n) is 11.4. The second kappa shape index (κ2) is 5.16. The van der Waals surface area contributed by atoms with Crippen LogP contribution in [0, 0.1) is 15.9 Å². The number of nitro groups is 1. The Kier molecular flexibility index (Phi) is 3.40. The molecule has 118 valence electrons. The van der Waals surface area contributed by atoms with E-state index in [1.165, 1.54) is 0 Å². The Hall–Kier alpha value is -2.75. The molecule has 2 heterocycles. The van der Waals surface area contributed by atoms with Crippen molar-refractivity contribution in [2.75, 3.05) is 0 Å². The van der Waals surface area contributed by atoms with Crippen molar-refractivity contribution >= 4 is 40.6 Å². The van der Waals surface area contributed by atoms with Crippen molar-refractivity contribution < 1.29 is 23.7 Å². The van der Waals surface area contributed by atoms with Gasteiger partial charge in [0, 0.05) is 12.5 Å². The normalized spacial score (nSPS) is 20.6. The van der Waals surface area contributed by atoms with Crippen LogP contribution < -0.4 is 5.32 Å². The first-order chi connectivity index (χ1) is 10.8. The first-order valence-electron chi connectivity index (χ1n) is 6.51. The second-order valence-corrected chi connectivity index (χ2v) is 5.51. The van der Waals surface area contributed by atoms with Crippen molar-refractivity contribution in [2.45, 2.75) is 18.9 Å². The predicted octanol–water partition coefficient (Wildman–Crippen LogP) is 0.936. The molecule has 1 saturated heterocycles. The predicted molar refractivity (Wildman–Crippen MR) is 77.3 cm³/mol. The number of carbonyl (C=O) groups excluding carboxylic acids is 3. The number of nitrogens with zero attached hydrogens (tertiary/aromatic N) is 2. The number of fused-ring (bicyclic) bond motifs is 1. The number of rotatable bonds is 2. The number of thiocarbonyl (C=S) groups is 1. The summed E-state index contributed by atoms with van der Waals surface area (Å²) < 4.78 is 13.9. The standard InChI is InChI=1S/C13H8FN3O5S/c14-5-1-2-6(17(21)22)10-9(5)12(19)16(13(10)20)7-3-4-8(23)15-11(7)18/h1-2,7H,3-4H2,(H,15,18,23). The van der Waals surface area contributed by atoms with Gasteiger partial charge in [-0.15, -0.1) is 0 Å². The molecule has 3 amide bonds. The molecule has 1 aromatic carbocycles. The summed E-state index contributed by atoms with van der Waals surface area (Å²) in [7, 11) is 0. The summed E-state index contributed by atoms with van der Waals surface area (Å²) in [6.45, 7) is 0. The molecule has 0 radical (unpaired) electrons. The van der Waals surface area contributed by atoms with Crippen molar-refractivity contribution in [3.8, 4) is 0 Å². The molecule has 3 rings (SSSR count). The van der Waals surface area contributed by atoms with Crippen LogP contribution >= 0.6 is 12.2 Å². The van der Waals surface area contributed by atoms with Gasteiger partial charge < -0.3 is 5.32 Å². The average molecular weight is 337 g/mol. The zero-order valence-corrected chi connectivity index (χ0v) is 12.2. The van der Waals surface area contributed by atoms with Crippen molar-refractivity contribution in [3.05, 3.63) is 39.2 Å². The summed E-state index contributed by atoms with van der Waals surface area (Å²) in [4.78, 5) is 47.7. The van der Waals surface area contributed by atoms with Crippen LogP contribution in [0.25, 0.3) is 0 Å². The van der Waals surface area contributed by atoms with Crippen molar-refractivity contribution in [2.24, 2.45) is 0 Å². The van der Waals surface area contributed by atoms with Crippen LogP contribution in [-0.4, -0.2) is 38.6 Å². The number of hydrogen-bond donors (Lipinski definition) is 1. The van der Waals surface area contributed by atoms with Gasteiger partial charge in [-0.3, -0.25) is 29.4 Å². The molecule has 0 aliphatic carbocycles. The number of nitro benzene ring substituents is 1. The van der Waals surface area contributed by atoms with E-state index in [2.05, 4.69) is 5.32 Å². The number of imide groups is 1. The molecular weight excluding hydrogens is 329 g/mol. The van der Waals surface area contributed by atoms with E-state index in [-0.39, 0.29) is 17.8 Å². The maximum absolute atomic E-state index is 13.9. The van der Waals surface area contributed by atoms with Gasteiger partial charge in [0.25, 0.3) is 17.5 Å². The third kappa shape index (κ3) is 2.18. The smallest absolute Gasteiger partial charge is 0.283 e. The molecule has 2 aliphatic heterocycles. The topological polar surface area (TPSA) is 110 Å². The lowest BCUT2D eigenvalue weighted by atomic mass is 10.1. The molecular formula is C13H8FN3O5S. The van der Waals surface area contributed by atoms with E-state index < -0.39 is 51.3 Å². The van der Waals surface area contributed by atoms with Crippen LogP contribution in [0.3, 0.4) is 0 Å². The minimum atomic E-state index is -1.17. The largest absolute Gasteiger partial charge is 0.319 e. The van der Waals surface area contributed by atoms with Crippen LogP contribution in [0.2, 0.25) is 0 Å². The van der Waals surface area contributed by atoms with Crippen molar-refractivity contribution in [1.82, 2.24) is 10.2 Å². The summed E-state index contributed by atoms with van der Waals surface area (Å²) >= 11 is 4.84. The highest BCUT2D eigenvalue weighted by atomic mass is 32.1. The van der Waals surface area contributed by atoms with E-state index in [0.29, 0.717) is 4.90 Å². The number of piperidine rings is 1. The minimum absolute atomic E-state index is 0.0888. The number of halogens is 1. The van der Waals surface area contributed by atoms with Gasteiger partial charge in [0.05, 0.1) is 15.5 Å². The number of nitrogens with one attached hydrogen (secondary N) is 1. The Balaban J connectivity index is 2.09. The Morgan fingerprint density at radius 2 is 1.91 bits per heavy atom. The Morgan fingerprint density at radius 1 is 1.26 bits per heavy atom. The SMILES string of the molecule is O=C1NC(=S)CCC1N1C(=O)c2c(F)ccc([N+](=O)[O-])c2C1=O. The Morgan fingerprint density at radius 3 is 2.52 bits per heavy atom. The Labute approximate surface area is 133 Å². The molecule has 0 saturated carbocycles. The van der Waals surface area contributed by atoms with Gasteiger partial charge in [-0.05, 0) is 12.5 Å². The Bertz CT molecular complexity index is 809. The van der Waals surface area contributed by atoms with E-state index in [9.17, 15) is 28.9 Å². The fraction of sp³-hybridized carbons (Fsp3) is 0.231. The van der Waals surface area contributed by atoms with Crippen molar-refractivity contribution in [1.29, 1.82) is 0 Å². The van der Waals surface area contributed by atoms with Crippen molar-refractivity contribution in [3.63, 3.8) is 0 Å². The summed E-state index contributed by atoms with van der Waals surface area (Å²) in [5.41, 5.74) is -1.97. The van der Waals surface area contributed by atoms with Gasteiger partial charge in [0.15, 0.2) is 0 Å². The maximum Gasteiger partial charge on any atom is 0.283 e. The monoisotopic (exact) mass is 337 g/mol. The average Bonchev–Trinajstić information content (AvgIpc) is 2.73. The summed E-state index contributed by atoms with van der Waals surface area (Å²) in [5.74, 6) is -3.82. The van der Waals surface area contributed by atoms with Gasteiger partial charge in [0.2, 0.25) is 5.91 Å². The van der Waals surface area contributed by atoms with Crippen LogP contribution in [0.1, 0.15) is 33.6 Å². The first kappa shape index (κ1) is 15.2. The maximum atomic E-state index is 13.9. The summed E-state index contributed by atoms with van der Waals surface area (Å²) in [6.07, 6.45) is 0.356. The molecule has 0 aromatic heterocycles. The quantitative estimate of drug-likeness (QED) is 0.372. The molecule has 8 nitrogen and oxygen atoms in total. The molecule has 2 aliphatic rings. The summed E-state index contributed by atoms with van der Waals surface area (Å²) in [6, 6.07) is 0.397. The molecule has 1 aromatic rings. The highest BCUT2D eigenvalue weighted by Gasteiger charge is 2.48. The van der Waals surface area contributed by atoms with E-state index in [1.807, 2.05) is 0 Å². The van der Waals surface area contributed by atoms with Crippen LogP contribution in [0.15, 0.2) is 12.1 Å². The van der Waals surface area contributed by atoms with Gasteiger partial charge in [-0.25, -0.2) is 4.39 Å². The van der Waals surface area contributed by atoms with E-state index in [0.717, 1.165) is 12.1 Å². The minimum Gasteiger partial charge on any atom is -0.319 e. The fourth-order valence-electron chi connectivity index (χ4n) is 2.69. The molecule has 1 atom stereocenters. The lowest BCUT2D eigenvalue weighted by molar-refractivity contribution is -0.385. The first-order valence-corrected chi connectivity index (χ1v) is 6.92. The van der Waals surface area contributed by atoms with Gasteiger partial charge >= 0.3 is 0 Å². The summed E-state index contributed by atoms with van der Waals surface area (Å²) in [5, 5.41) is 13.4. The lowest BCUT2D eigenvalue weighted by Crippen LogP contribution is -2.53. The molecule has 10 heteroatoms. The van der Waals surface area contributed by atoms with Crippen LogP contribution in [0.5, 0.6) is 0 Å². The molecule has 1 N–H and O–H groups in total. The molecule has 1 unspecified atom stereocenters. The van der Waals surface area contributed by atoms with Crippen LogP contribution in [-0.2, 0) is 4.79 Å². The number of hydrogen-bond acceptors (Lipinski definition) is 6. The highest BCUT2D eigenvalue weighted by molar-refractivity contribution is 7.80. The number of carbonyl (C=O) groups is 3. The van der Waals surface area contributed by atoms with Gasteiger partial charge in [-0.1, -0.05) is 12.2 Å².